The summed E-state index contributed by atoms with van der Waals surface area (Å²) in [5, 5.41) is 10.4. The number of fused-ring (bicyclic) bond motifs is 1. The van der Waals surface area contributed by atoms with E-state index in [0.29, 0.717) is 28.3 Å². The summed E-state index contributed by atoms with van der Waals surface area (Å²) in [7, 11) is -4.00. The summed E-state index contributed by atoms with van der Waals surface area (Å²) in [5.74, 6) is 0.855. The highest BCUT2D eigenvalue weighted by atomic mass is 32.2. The van der Waals surface area contributed by atoms with Crippen molar-refractivity contribution in [2.75, 3.05) is 0 Å². The van der Waals surface area contributed by atoms with Crippen molar-refractivity contribution in [3.8, 4) is 22.7 Å². The molecule has 0 unspecified atom stereocenters. The molecule has 3 heterocycles. The topological polar surface area (TPSA) is 120 Å². The lowest BCUT2D eigenvalue weighted by Gasteiger charge is -2.14. The lowest BCUT2D eigenvalue weighted by molar-refractivity contribution is 0.470. The molecule has 1 aliphatic rings. The summed E-state index contributed by atoms with van der Waals surface area (Å²) < 4.78 is 30.1. The van der Waals surface area contributed by atoms with Crippen molar-refractivity contribution in [1.29, 1.82) is 0 Å². The summed E-state index contributed by atoms with van der Waals surface area (Å²) in [4.78, 5) is 27.2. The van der Waals surface area contributed by atoms with Crippen molar-refractivity contribution in [3.05, 3.63) is 100 Å². The van der Waals surface area contributed by atoms with E-state index in [1.165, 1.54) is 17.0 Å². The van der Waals surface area contributed by atoms with E-state index < -0.39 is 15.6 Å². The molecule has 0 saturated heterocycles. The first-order chi connectivity index (χ1) is 18.2. The van der Waals surface area contributed by atoms with Crippen LogP contribution in [0.15, 0.2) is 72.0 Å². The predicted octanol–water partition coefficient (Wildman–Crippen LogP) is 4.22. The molecule has 1 fully saturated rings. The van der Waals surface area contributed by atoms with Crippen molar-refractivity contribution in [1.82, 2.24) is 23.5 Å². The average Bonchev–Trinajstić information content (AvgIpc) is 3.67. The van der Waals surface area contributed by atoms with Crippen molar-refractivity contribution in [3.63, 3.8) is 0 Å². The summed E-state index contributed by atoms with van der Waals surface area (Å²) >= 11 is 0. The molecule has 5 aromatic rings. The maximum atomic E-state index is 13.8. The Morgan fingerprint density at radius 2 is 1.71 bits per heavy atom. The second-order valence-corrected chi connectivity index (χ2v) is 11.5. The second-order valence-electron chi connectivity index (χ2n) is 9.67. The van der Waals surface area contributed by atoms with Crippen LogP contribution in [0.25, 0.3) is 28.0 Å². The van der Waals surface area contributed by atoms with Gasteiger partial charge in [-0.1, -0.05) is 36.4 Å². The Morgan fingerprint density at radius 3 is 2.39 bits per heavy atom. The minimum atomic E-state index is -4.00. The van der Waals surface area contributed by atoms with Gasteiger partial charge < -0.3 is 5.11 Å². The van der Waals surface area contributed by atoms with Gasteiger partial charge in [-0.2, -0.15) is 0 Å². The van der Waals surface area contributed by atoms with E-state index in [2.05, 4.69) is 15.0 Å². The SMILES string of the molecule is Cc1ccc(O)c(C)c1-n1cnc2c(cc(-c3cnc(C4CC4)nc3)n2S(=O)(=O)Cc2ccccc2)c1=O. The van der Waals surface area contributed by atoms with Crippen LogP contribution in [0.3, 0.4) is 0 Å². The van der Waals surface area contributed by atoms with E-state index in [1.807, 2.05) is 13.0 Å². The minimum Gasteiger partial charge on any atom is -0.508 e. The Balaban J connectivity index is 1.59. The van der Waals surface area contributed by atoms with E-state index in [9.17, 15) is 18.3 Å². The van der Waals surface area contributed by atoms with Gasteiger partial charge >= 0.3 is 0 Å². The fourth-order valence-corrected chi connectivity index (χ4v) is 6.38. The highest BCUT2D eigenvalue weighted by molar-refractivity contribution is 7.89. The van der Waals surface area contributed by atoms with Gasteiger partial charge in [0.05, 0.1) is 22.5 Å². The number of rotatable bonds is 6. The molecule has 1 aliphatic carbocycles. The van der Waals surface area contributed by atoms with Crippen LogP contribution in [0.1, 0.15) is 41.3 Å². The van der Waals surface area contributed by atoms with Gasteiger partial charge in [-0.25, -0.2) is 27.3 Å². The van der Waals surface area contributed by atoms with Gasteiger partial charge in [-0.15, -0.1) is 0 Å². The van der Waals surface area contributed by atoms with Crippen LogP contribution in [0, 0.1) is 13.8 Å². The Bertz CT molecular complexity index is 1860. The van der Waals surface area contributed by atoms with Crippen molar-refractivity contribution in [2.45, 2.75) is 38.4 Å². The van der Waals surface area contributed by atoms with Crippen molar-refractivity contribution in [2.24, 2.45) is 0 Å². The molecule has 0 aliphatic heterocycles. The molecule has 192 valence electrons. The van der Waals surface area contributed by atoms with Gasteiger partial charge in [0.15, 0.2) is 5.65 Å². The van der Waals surface area contributed by atoms with E-state index in [1.54, 1.807) is 55.7 Å². The number of phenols is 1. The summed E-state index contributed by atoms with van der Waals surface area (Å²) in [5.41, 5.74) is 2.72. The number of aromatic hydroxyl groups is 1. The van der Waals surface area contributed by atoms with Gasteiger partial charge in [0.25, 0.3) is 5.56 Å². The Labute approximate surface area is 219 Å². The van der Waals surface area contributed by atoms with E-state index in [-0.39, 0.29) is 28.2 Å². The third-order valence-electron chi connectivity index (χ3n) is 6.90. The zero-order valence-corrected chi connectivity index (χ0v) is 21.7. The molecule has 6 rings (SSSR count). The smallest absolute Gasteiger partial charge is 0.267 e. The molecular weight excluding hydrogens is 502 g/mol. The van der Waals surface area contributed by atoms with Gasteiger partial charge in [0.1, 0.15) is 17.9 Å². The Hall–Kier alpha value is -4.31. The van der Waals surface area contributed by atoms with Crippen LogP contribution in [-0.4, -0.2) is 37.0 Å². The summed E-state index contributed by atoms with van der Waals surface area (Å²) in [6.45, 7) is 3.55. The number of benzene rings is 2. The highest BCUT2D eigenvalue weighted by Crippen LogP contribution is 2.38. The standard InChI is InChI=1S/C28H25N5O4S/c1-17-8-11-24(34)18(2)25(17)32-16-31-27-22(28(32)35)12-23(21-13-29-26(30-14-21)20-9-10-20)33(27)38(36,37)15-19-6-4-3-5-7-19/h3-8,11-14,16,20,34H,9-10,15H2,1-2H3. The van der Waals surface area contributed by atoms with Crippen molar-refractivity contribution < 1.29 is 13.5 Å². The van der Waals surface area contributed by atoms with E-state index >= 15 is 0 Å². The number of hydrogen-bond donors (Lipinski definition) is 1. The first-order valence-electron chi connectivity index (χ1n) is 12.3. The number of phenolic OH excluding ortho intramolecular Hbond substituents is 1. The molecular formula is C28H25N5O4S. The van der Waals surface area contributed by atoms with Gasteiger partial charge in [-0.3, -0.25) is 9.36 Å². The van der Waals surface area contributed by atoms with Crippen molar-refractivity contribution >= 4 is 21.1 Å². The summed E-state index contributed by atoms with van der Waals surface area (Å²) in [6, 6.07) is 13.7. The van der Waals surface area contributed by atoms with Crippen LogP contribution < -0.4 is 5.56 Å². The van der Waals surface area contributed by atoms with Crippen LogP contribution >= 0.6 is 0 Å². The van der Waals surface area contributed by atoms with E-state index in [0.717, 1.165) is 28.2 Å². The molecule has 38 heavy (non-hydrogen) atoms. The third-order valence-corrected chi connectivity index (χ3v) is 8.53. The fourth-order valence-electron chi connectivity index (χ4n) is 4.77. The number of hydrogen-bond acceptors (Lipinski definition) is 7. The molecule has 2 aromatic carbocycles. The molecule has 0 radical (unpaired) electrons. The number of aromatic nitrogens is 5. The molecule has 10 heteroatoms. The molecule has 0 amide bonds. The zero-order valence-electron chi connectivity index (χ0n) is 20.9. The second kappa shape index (κ2) is 8.91. The molecule has 0 spiro atoms. The Kier molecular flexibility index (Phi) is 5.64. The highest BCUT2D eigenvalue weighted by Gasteiger charge is 2.28. The van der Waals surface area contributed by atoms with Gasteiger partial charge in [-0.05, 0) is 49.9 Å². The van der Waals surface area contributed by atoms with E-state index in [4.69, 9.17) is 0 Å². The van der Waals surface area contributed by atoms with Gasteiger partial charge in [0, 0.05) is 29.4 Å². The Morgan fingerprint density at radius 1 is 1.00 bits per heavy atom. The minimum absolute atomic E-state index is 0.0268. The number of nitrogens with zero attached hydrogens (tertiary/aromatic N) is 5. The van der Waals surface area contributed by atoms with Crippen LogP contribution in [0.2, 0.25) is 0 Å². The van der Waals surface area contributed by atoms with Crippen LogP contribution in [0.5, 0.6) is 5.75 Å². The maximum Gasteiger partial charge on any atom is 0.267 e. The van der Waals surface area contributed by atoms with Crippen LogP contribution in [0.4, 0.5) is 0 Å². The molecule has 1 N–H and O–H groups in total. The first-order valence-corrected chi connectivity index (χ1v) is 13.9. The number of aryl methyl sites for hydroxylation is 1. The third kappa shape index (κ3) is 4.06. The molecule has 1 saturated carbocycles. The normalized spacial score (nSPS) is 13.7. The lowest BCUT2D eigenvalue weighted by Crippen LogP contribution is -2.22. The maximum absolute atomic E-state index is 13.8. The quantitative estimate of drug-likeness (QED) is 0.351. The fraction of sp³-hybridized carbons (Fsp3) is 0.214. The predicted molar refractivity (Wildman–Crippen MR) is 144 cm³/mol. The lowest BCUT2D eigenvalue weighted by atomic mass is 10.1. The molecule has 0 atom stereocenters. The molecule has 9 nitrogen and oxygen atoms in total. The summed E-state index contributed by atoms with van der Waals surface area (Å²) in [6.07, 6.45) is 6.60. The monoisotopic (exact) mass is 527 g/mol. The first kappa shape index (κ1) is 24.1. The zero-order chi connectivity index (χ0) is 26.6. The molecule has 0 bridgehead atoms. The van der Waals surface area contributed by atoms with Gasteiger partial charge in [0.2, 0.25) is 10.0 Å². The van der Waals surface area contributed by atoms with Crippen LogP contribution in [-0.2, 0) is 15.8 Å². The largest absolute Gasteiger partial charge is 0.508 e. The molecule has 3 aromatic heterocycles. The average molecular weight is 528 g/mol.